The molecule has 2 rings (SSSR count). The van der Waals surface area contributed by atoms with Crippen LogP contribution in [0, 0.1) is 5.82 Å². The van der Waals surface area contributed by atoms with Crippen LogP contribution in [0.3, 0.4) is 0 Å². The van der Waals surface area contributed by atoms with E-state index < -0.39 is 5.97 Å². The van der Waals surface area contributed by atoms with E-state index in [1.165, 1.54) is 30.1 Å². The van der Waals surface area contributed by atoms with Crippen LogP contribution in [0.1, 0.15) is 23.8 Å². The van der Waals surface area contributed by atoms with Crippen LogP contribution in [-0.2, 0) is 9.53 Å². The molecule has 0 spiro atoms. The van der Waals surface area contributed by atoms with E-state index in [2.05, 4.69) is 10.3 Å². The molecule has 24 heavy (non-hydrogen) atoms. The summed E-state index contributed by atoms with van der Waals surface area (Å²) in [5.74, 6) is -1.40. The monoisotopic (exact) mass is 351 g/mol. The zero-order valence-corrected chi connectivity index (χ0v) is 14.2. The predicted molar refractivity (Wildman–Crippen MR) is 88.9 cm³/mol. The molecule has 0 aliphatic heterocycles. The quantitative estimate of drug-likeness (QED) is 0.613. The van der Waals surface area contributed by atoms with E-state index in [4.69, 9.17) is 4.74 Å². The van der Waals surface area contributed by atoms with Crippen molar-refractivity contribution in [2.45, 2.75) is 18.5 Å². The molecular formula is C16H18FN3O3S. The summed E-state index contributed by atoms with van der Waals surface area (Å²) in [6, 6.07) is 5.68. The van der Waals surface area contributed by atoms with E-state index in [0.29, 0.717) is 17.4 Å². The number of benzene rings is 1. The van der Waals surface area contributed by atoms with E-state index in [-0.39, 0.29) is 24.0 Å². The molecule has 1 amide bonds. The molecule has 8 heteroatoms. The maximum absolute atomic E-state index is 13.1. The number of nitrogens with zero attached hydrogens (tertiary/aromatic N) is 2. The first-order valence-corrected chi connectivity index (χ1v) is 8.60. The Morgan fingerprint density at radius 1 is 1.33 bits per heavy atom. The van der Waals surface area contributed by atoms with Crippen molar-refractivity contribution < 1.29 is 18.7 Å². The highest BCUT2D eigenvalue weighted by molar-refractivity contribution is 7.98. The number of hydrogen-bond donors (Lipinski definition) is 1. The third kappa shape index (κ3) is 4.35. The number of imidazole rings is 1. The molecule has 0 unspecified atom stereocenters. The van der Waals surface area contributed by atoms with E-state index in [1.807, 2.05) is 13.2 Å². The van der Waals surface area contributed by atoms with Gasteiger partial charge in [0.15, 0.2) is 17.5 Å². The van der Waals surface area contributed by atoms with Crippen molar-refractivity contribution in [2.75, 3.05) is 19.4 Å². The maximum Gasteiger partial charge on any atom is 0.357 e. The SMILES string of the molecule is CCCNC(=O)COC(=O)c1cnc(SC)n1-c1ccc(F)cc1. The van der Waals surface area contributed by atoms with Gasteiger partial charge in [-0.15, -0.1) is 0 Å². The van der Waals surface area contributed by atoms with Crippen LogP contribution in [-0.4, -0.2) is 40.8 Å². The minimum absolute atomic E-state index is 0.175. The second-order valence-corrected chi connectivity index (χ2v) is 5.64. The molecule has 0 fully saturated rings. The Morgan fingerprint density at radius 2 is 2.04 bits per heavy atom. The van der Waals surface area contributed by atoms with Crippen LogP contribution >= 0.6 is 11.8 Å². The second-order valence-electron chi connectivity index (χ2n) is 4.87. The molecule has 0 aliphatic carbocycles. The molecule has 1 N–H and O–H groups in total. The van der Waals surface area contributed by atoms with Gasteiger partial charge in [0.2, 0.25) is 0 Å². The standard InChI is InChI=1S/C16H18FN3O3S/c1-3-8-18-14(21)10-23-15(22)13-9-19-16(24-2)20(13)12-6-4-11(17)5-7-12/h4-7,9H,3,8,10H2,1-2H3,(H,18,21). The number of nitrogens with one attached hydrogen (secondary N) is 1. The number of thioether (sulfide) groups is 1. The molecule has 0 radical (unpaired) electrons. The number of esters is 1. The average Bonchev–Trinajstić information content (AvgIpc) is 3.02. The van der Waals surface area contributed by atoms with Gasteiger partial charge >= 0.3 is 5.97 Å². The summed E-state index contributed by atoms with van der Waals surface area (Å²) in [6.45, 7) is 2.10. The zero-order chi connectivity index (χ0) is 17.5. The highest BCUT2D eigenvalue weighted by Gasteiger charge is 2.19. The number of aromatic nitrogens is 2. The summed E-state index contributed by atoms with van der Waals surface area (Å²) in [6.07, 6.45) is 3.99. The van der Waals surface area contributed by atoms with Crippen molar-refractivity contribution in [2.24, 2.45) is 0 Å². The van der Waals surface area contributed by atoms with Gasteiger partial charge in [-0.3, -0.25) is 9.36 Å². The van der Waals surface area contributed by atoms with Gasteiger partial charge < -0.3 is 10.1 Å². The molecule has 1 aromatic heterocycles. The lowest BCUT2D eigenvalue weighted by Gasteiger charge is -2.11. The minimum Gasteiger partial charge on any atom is -0.451 e. The third-order valence-electron chi connectivity index (χ3n) is 3.11. The Labute approximate surface area is 143 Å². The fraction of sp³-hybridized carbons (Fsp3) is 0.312. The van der Waals surface area contributed by atoms with Crippen LogP contribution in [0.2, 0.25) is 0 Å². The van der Waals surface area contributed by atoms with Crippen LogP contribution in [0.5, 0.6) is 0 Å². The number of ether oxygens (including phenoxy) is 1. The Kier molecular flexibility index (Phi) is 6.36. The number of carbonyl (C=O) groups excluding carboxylic acids is 2. The van der Waals surface area contributed by atoms with Crippen molar-refractivity contribution in [3.05, 3.63) is 42.0 Å². The van der Waals surface area contributed by atoms with Crippen LogP contribution in [0.15, 0.2) is 35.6 Å². The topological polar surface area (TPSA) is 73.2 Å². The molecular weight excluding hydrogens is 333 g/mol. The summed E-state index contributed by atoms with van der Waals surface area (Å²) in [5, 5.41) is 3.18. The summed E-state index contributed by atoms with van der Waals surface area (Å²) in [4.78, 5) is 28.0. The summed E-state index contributed by atoms with van der Waals surface area (Å²) < 4.78 is 19.7. The first kappa shape index (κ1) is 18.0. The zero-order valence-electron chi connectivity index (χ0n) is 13.4. The summed E-state index contributed by atoms with van der Waals surface area (Å²) >= 11 is 1.34. The van der Waals surface area contributed by atoms with Crippen molar-refractivity contribution in [1.82, 2.24) is 14.9 Å². The van der Waals surface area contributed by atoms with Gasteiger partial charge in [0.25, 0.3) is 5.91 Å². The lowest BCUT2D eigenvalue weighted by molar-refractivity contribution is -0.124. The third-order valence-corrected chi connectivity index (χ3v) is 3.77. The molecule has 1 heterocycles. The lowest BCUT2D eigenvalue weighted by Crippen LogP contribution is -2.29. The molecule has 0 atom stereocenters. The van der Waals surface area contributed by atoms with Gasteiger partial charge in [-0.25, -0.2) is 14.2 Å². The highest BCUT2D eigenvalue weighted by Crippen LogP contribution is 2.22. The molecule has 0 bridgehead atoms. The Hall–Kier alpha value is -2.35. The Balaban J connectivity index is 2.18. The molecule has 2 aromatic rings. The molecule has 0 saturated heterocycles. The molecule has 1 aromatic carbocycles. The Bertz CT molecular complexity index is 716. The number of carbonyl (C=O) groups is 2. The number of amides is 1. The largest absolute Gasteiger partial charge is 0.451 e. The lowest BCUT2D eigenvalue weighted by atomic mass is 10.3. The van der Waals surface area contributed by atoms with E-state index in [0.717, 1.165) is 6.42 Å². The fourth-order valence-electron chi connectivity index (χ4n) is 1.98. The van der Waals surface area contributed by atoms with E-state index in [1.54, 1.807) is 16.7 Å². The summed E-state index contributed by atoms with van der Waals surface area (Å²) in [7, 11) is 0. The fourth-order valence-corrected chi connectivity index (χ4v) is 2.53. The molecule has 6 nitrogen and oxygen atoms in total. The van der Waals surface area contributed by atoms with Crippen LogP contribution in [0.4, 0.5) is 4.39 Å². The van der Waals surface area contributed by atoms with Gasteiger partial charge in [0, 0.05) is 12.2 Å². The van der Waals surface area contributed by atoms with Gasteiger partial charge in [0.05, 0.1) is 6.20 Å². The van der Waals surface area contributed by atoms with Gasteiger partial charge in [0.1, 0.15) is 5.82 Å². The van der Waals surface area contributed by atoms with Crippen molar-refractivity contribution in [3.8, 4) is 5.69 Å². The number of halogens is 1. The minimum atomic E-state index is -0.668. The molecule has 128 valence electrons. The van der Waals surface area contributed by atoms with Gasteiger partial charge in [-0.2, -0.15) is 0 Å². The van der Waals surface area contributed by atoms with Crippen molar-refractivity contribution in [1.29, 1.82) is 0 Å². The molecule has 0 aliphatic rings. The van der Waals surface area contributed by atoms with Gasteiger partial charge in [-0.1, -0.05) is 18.7 Å². The maximum atomic E-state index is 13.1. The Morgan fingerprint density at radius 3 is 2.67 bits per heavy atom. The van der Waals surface area contributed by atoms with E-state index >= 15 is 0 Å². The van der Waals surface area contributed by atoms with Crippen molar-refractivity contribution >= 4 is 23.6 Å². The average molecular weight is 351 g/mol. The number of rotatable bonds is 7. The van der Waals surface area contributed by atoms with Crippen molar-refractivity contribution in [3.63, 3.8) is 0 Å². The predicted octanol–water partition coefficient (Wildman–Crippen LogP) is 2.42. The molecule has 0 saturated carbocycles. The van der Waals surface area contributed by atoms with Crippen LogP contribution in [0.25, 0.3) is 5.69 Å². The normalized spacial score (nSPS) is 10.5. The number of hydrogen-bond acceptors (Lipinski definition) is 5. The van der Waals surface area contributed by atoms with E-state index in [9.17, 15) is 14.0 Å². The van der Waals surface area contributed by atoms with Crippen LogP contribution < -0.4 is 5.32 Å². The second kappa shape index (κ2) is 8.49. The smallest absolute Gasteiger partial charge is 0.357 e. The first-order valence-electron chi connectivity index (χ1n) is 7.38. The summed E-state index contributed by atoms with van der Waals surface area (Å²) in [5.41, 5.74) is 0.759. The first-order chi connectivity index (χ1) is 11.6. The van der Waals surface area contributed by atoms with Gasteiger partial charge in [-0.05, 0) is 36.9 Å². The highest BCUT2D eigenvalue weighted by atomic mass is 32.2.